The number of hydrogen-bond donors (Lipinski definition) is 1. The third-order valence-electron chi connectivity index (χ3n) is 3.92. The third-order valence-corrected chi connectivity index (χ3v) is 3.92. The van der Waals surface area contributed by atoms with Crippen LogP contribution in [-0.4, -0.2) is 43.6 Å². The number of rotatable bonds is 4. The molecule has 1 aromatic rings. The number of benzene rings is 1. The average molecular weight is 311 g/mol. The minimum absolute atomic E-state index is 0. The predicted molar refractivity (Wildman–Crippen MR) is 85.3 cm³/mol. The van der Waals surface area contributed by atoms with E-state index in [0.29, 0.717) is 11.5 Å². The number of nitrogens with one attached hydrogen (secondary N) is 1. The number of hydrogen-bond acceptors (Lipinski definition) is 3. The molecule has 1 saturated carbocycles. The van der Waals surface area contributed by atoms with Gasteiger partial charge >= 0.3 is 0 Å². The lowest BCUT2D eigenvalue weighted by Crippen LogP contribution is -2.34. The second-order valence-corrected chi connectivity index (χ2v) is 5.65. The fourth-order valence-electron chi connectivity index (χ4n) is 2.48. The quantitative estimate of drug-likeness (QED) is 0.928. The Morgan fingerprint density at radius 1 is 1.24 bits per heavy atom. The number of carbonyl (C=O) groups excluding carboxylic acids is 1. The van der Waals surface area contributed by atoms with Crippen LogP contribution in [0.3, 0.4) is 0 Å². The summed E-state index contributed by atoms with van der Waals surface area (Å²) in [5, 5.41) is 3.32. The van der Waals surface area contributed by atoms with Gasteiger partial charge < -0.3 is 15.0 Å². The first-order valence-corrected chi connectivity index (χ1v) is 7.56. The van der Waals surface area contributed by atoms with Crippen LogP contribution in [0.2, 0.25) is 0 Å². The first-order valence-electron chi connectivity index (χ1n) is 7.56. The van der Waals surface area contributed by atoms with Gasteiger partial charge in [-0.3, -0.25) is 4.79 Å². The molecule has 0 radical (unpaired) electrons. The Hall–Kier alpha value is -1.26. The summed E-state index contributed by atoms with van der Waals surface area (Å²) in [5.41, 5.74) is 0.704. The number of ether oxygens (including phenoxy) is 1. The van der Waals surface area contributed by atoms with Gasteiger partial charge in [0, 0.05) is 19.6 Å². The van der Waals surface area contributed by atoms with Crippen molar-refractivity contribution < 1.29 is 9.53 Å². The van der Waals surface area contributed by atoms with Crippen molar-refractivity contribution in [1.29, 1.82) is 0 Å². The SMILES string of the molecule is Cl.O=C(c1ccccc1OCC1CC1)N1CCCNCC1. The smallest absolute Gasteiger partial charge is 0.257 e. The highest BCUT2D eigenvalue weighted by Crippen LogP contribution is 2.30. The molecule has 4 nitrogen and oxygen atoms in total. The van der Waals surface area contributed by atoms with Gasteiger partial charge in [0.1, 0.15) is 5.75 Å². The minimum Gasteiger partial charge on any atom is -0.492 e. The molecule has 116 valence electrons. The molecule has 0 bridgehead atoms. The zero-order chi connectivity index (χ0) is 13.8. The summed E-state index contributed by atoms with van der Waals surface area (Å²) in [5.74, 6) is 1.53. The molecule has 21 heavy (non-hydrogen) atoms. The number of amides is 1. The Kier molecular flexibility index (Phi) is 5.88. The summed E-state index contributed by atoms with van der Waals surface area (Å²) in [6.45, 7) is 4.20. The molecule has 1 amide bonds. The van der Waals surface area contributed by atoms with Crippen molar-refractivity contribution in [1.82, 2.24) is 10.2 Å². The lowest BCUT2D eigenvalue weighted by atomic mass is 10.1. The first kappa shape index (κ1) is 16.1. The van der Waals surface area contributed by atoms with Gasteiger partial charge in [-0.1, -0.05) is 12.1 Å². The Morgan fingerprint density at radius 3 is 2.86 bits per heavy atom. The highest BCUT2D eigenvalue weighted by molar-refractivity contribution is 5.97. The van der Waals surface area contributed by atoms with E-state index in [1.54, 1.807) is 0 Å². The maximum Gasteiger partial charge on any atom is 0.257 e. The molecule has 1 aliphatic heterocycles. The lowest BCUT2D eigenvalue weighted by Gasteiger charge is -2.21. The highest BCUT2D eigenvalue weighted by atomic mass is 35.5. The van der Waals surface area contributed by atoms with E-state index < -0.39 is 0 Å². The van der Waals surface area contributed by atoms with E-state index >= 15 is 0 Å². The molecule has 5 heteroatoms. The van der Waals surface area contributed by atoms with E-state index in [9.17, 15) is 4.79 Å². The molecule has 0 atom stereocenters. The van der Waals surface area contributed by atoms with Gasteiger partial charge in [-0.05, 0) is 43.9 Å². The third kappa shape index (κ3) is 4.35. The second kappa shape index (κ2) is 7.66. The standard InChI is InChI=1S/C16H22N2O2.ClH/c19-16(18-10-3-8-17-9-11-18)14-4-1-2-5-15(14)20-12-13-6-7-13;/h1-2,4-5,13,17H,3,6-12H2;1H. The van der Waals surface area contributed by atoms with Crippen LogP contribution < -0.4 is 10.1 Å². The van der Waals surface area contributed by atoms with Gasteiger partial charge in [-0.25, -0.2) is 0 Å². The van der Waals surface area contributed by atoms with E-state index in [4.69, 9.17) is 4.74 Å². The molecular weight excluding hydrogens is 288 g/mol. The summed E-state index contributed by atoms with van der Waals surface area (Å²) in [6.07, 6.45) is 3.53. The molecule has 0 unspecified atom stereocenters. The summed E-state index contributed by atoms with van der Waals surface area (Å²) >= 11 is 0. The van der Waals surface area contributed by atoms with Gasteiger partial charge in [-0.2, -0.15) is 0 Å². The molecule has 1 aliphatic carbocycles. The zero-order valence-corrected chi connectivity index (χ0v) is 13.0. The van der Waals surface area contributed by atoms with Crippen molar-refractivity contribution in [3.05, 3.63) is 29.8 Å². The average Bonchev–Trinajstić information content (AvgIpc) is 3.31. The van der Waals surface area contributed by atoms with Gasteiger partial charge in [-0.15, -0.1) is 12.4 Å². The van der Waals surface area contributed by atoms with Crippen molar-refractivity contribution in [2.75, 3.05) is 32.8 Å². The van der Waals surface area contributed by atoms with Gasteiger partial charge in [0.2, 0.25) is 0 Å². The summed E-state index contributed by atoms with van der Waals surface area (Å²) in [4.78, 5) is 14.6. The summed E-state index contributed by atoms with van der Waals surface area (Å²) in [7, 11) is 0. The normalized spacial score (nSPS) is 18.6. The number of para-hydroxylation sites is 1. The summed E-state index contributed by atoms with van der Waals surface area (Å²) < 4.78 is 5.84. The molecule has 0 aromatic heterocycles. The van der Waals surface area contributed by atoms with Crippen molar-refractivity contribution in [3.63, 3.8) is 0 Å². The highest BCUT2D eigenvalue weighted by Gasteiger charge is 2.24. The fourth-order valence-corrected chi connectivity index (χ4v) is 2.48. The van der Waals surface area contributed by atoms with E-state index in [0.717, 1.165) is 45.0 Å². The van der Waals surface area contributed by atoms with Crippen LogP contribution in [0.15, 0.2) is 24.3 Å². The van der Waals surface area contributed by atoms with Crippen LogP contribution in [0.4, 0.5) is 0 Å². The second-order valence-electron chi connectivity index (χ2n) is 5.65. The van der Waals surface area contributed by atoms with Gasteiger partial charge in [0.05, 0.1) is 12.2 Å². The zero-order valence-electron chi connectivity index (χ0n) is 12.2. The fraction of sp³-hybridized carbons (Fsp3) is 0.562. The molecule has 3 rings (SSSR count). The van der Waals surface area contributed by atoms with Crippen molar-refractivity contribution in [2.24, 2.45) is 5.92 Å². The Labute approximate surface area is 132 Å². The maximum atomic E-state index is 12.7. The molecule has 1 saturated heterocycles. The van der Waals surface area contributed by atoms with Crippen LogP contribution >= 0.6 is 12.4 Å². The van der Waals surface area contributed by atoms with Crippen LogP contribution in [0.1, 0.15) is 29.6 Å². The van der Waals surface area contributed by atoms with Crippen LogP contribution in [0.5, 0.6) is 5.75 Å². The van der Waals surface area contributed by atoms with Crippen molar-refractivity contribution in [2.45, 2.75) is 19.3 Å². The monoisotopic (exact) mass is 310 g/mol. The van der Waals surface area contributed by atoms with E-state index in [1.807, 2.05) is 29.2 Å². The van der Waals surface area contributed by atoms with Gasteiger partial charge in [0.15, 0.2) is 0 Å². The van der Waals surface area contributed by atoms with Gasteiger partial charge in [0.25, 0.3) is 5.91 Å². The first-order chi connectivity index (χ1) is 9.84. The Balaban J connectivity index is 0.00000161. The number of nitrogens with zero attached hydrogens (tertiary/aromatic N) is 1. The maximum absolute atomic E-state index is 12.7. The molecular formula is C16H23ClN2O2. The van der Waals surface area contributed by atoms with Crippen LogP contribution in [0, 0.1) is 5.92 Å². The lowest BCUT2D eigenvalue weighted by molar-refractivity contribution is 0.0761. The van der Waals surface area contributed by atoms with Crippen LogP contribution in [0.25, 0.3) is 0 Å². The van der Waals surface area contributed by atoms with E-state index in [1.165, 1.54) is 12.8 Å². The Bertz CT molecular complexity index is 469. The van der Waals surface area contributed by atoms with Crippen molar-refractivity contribution in [3.8, 4) is 5.75 Å². The number of carbonyl (C=O) groups is 1. The summed E-state index contributed by atoms with van der Waals surface area (Å²) in [6, 6.07) is 7.63. The largest absolute Gasteiger partial charge is 0.492 e. The molecule has 1 N–H and O–H groups in total. The topological polar surface area (TPSA) is 41.6 Å². The molecule has 1 aromatic carbocycles. The predicted octanol–water partition coefficient (Wildman–Crippen LogP) is 2.33. The van der Waals surface area contributed by atoms with Crippen LogP contribution in [-0.2, 0) is 0 Å². The molecule has 1 heterocycles. The van der Waals surface area contributed by atoms with E-state index in [2.05, 4.69) is 5.32 Å². The minimum atomic E-state index is 0. The van der Waals surface area contributed by atoms with E-state index in [-0.39, 0.29) is 18.3 Å². The Morgan fingerprint density at radius 2 is 2.05 bits per heavy atom. The molecule has 2 aliphatic rings. The molecule has 0 spiro atoms. The molecule has 2 fully saturated rings. The van der Waals surface area contributed by atoms with Crippen molar-refractivity contribution >= 4 is 18.3 Å². The number of halogens is 1.